The van der Waals surface area contributed by atoms with Crippen LogP contribution in [0.4, 0.5) is 0 Å². The molecule has 6 heteroatoms. The van der Waals surface area contributed by atoms with Crippen LogP contribution in [0.25, 0.3) is 0 Å². The molecule has 0 aliphatic rings. The summed E-state index contributed by atoms with van der Waals surface area (Å²) in [4.78, 5) is 38.1. The van der Waals surface area contributed by atoms with Crippen molar-refractivity contribution in [2.24, 2.45) is 0 Å². The second-order valence-corrected chi connectivity index (χ2v) is 17.4. The van der Waals surface area contributed by atoms with E-state index < -0.39 is 6.10 Å². The predicted octanol–water partition coefficient (Wildman–Crippen LogP) is 18.1. The van der Waals surface area contributed by atoms with Crippen molar-refractivity contribution in [3.63, 3.8) is 0 Å². The van der Waals surface area contributed by atoms with Crippen molar-refractivity contribution in [3.05, 3.63) is 122 Å². The Labute approximate surface area is 412 Å². The molecule has 0 radical (unpaired) electrons. The predicted molar refractivity (Wildman–Crippen MR) is 288 cm³/mol. The summed E-state index contributed by atoms with van der Waals surface area (Å²) in [6.45, 7) is 6.38. The van der Waals surface area contributed by atoms with E-state index in [0.29, 0.717) is 12.8 Å². The highest BCUT2D eigenvalue weighted by molar-refractivity contribution is 5.71. The summed E-state index contributed by atoms with van der Waals surface area (Å²) in [7, 11) is 0. The van der Waals surface area contributed by atoms with E-state index >= 15 is 0 Å². The smallest absolute Gasteiger partial charge is 0.306 e. The van der Waals surface area contributed by atoms with Gasteiger partial charge in [-0.2, -0.15) is 0 Å². The van der Waals surface area contributed by atoms with Gasteiger partial charge in [-0.25, -0.2) is 0 Å². The topological polar surface area (TPSA) is 78.9 Å². The van der Waals surface area contributed by atoms with E-state index in [1.165, 1.54) is 51.4 Å². The van der Waals surface area contributed by atoms with Gasteiger partial charge in [0.15, 0.2) is 6.10 Å². The van der Waals surface area contributed by atoms with Crippen molar-refractivity contribution in [1.82, 2.24) is 0 Å². The molecule has 0 bridgehead atoms. The van der Waals surface area contributed by atoms with Crippen molar-refractivity contribution < 1.29 is 28.6 Å². The maximum atomic E-state index is 12.8. The molecule has 378 valence electrons. The Bertz CT molecular complexity index is 1440. The lowest BCUT2D eigenvalue weighted by Gasteiger charge is -2.18. The SMILES string of the molecule is CC/C=C\C/C=C\C/C=C\CCCCCCCC(=O)OC[C@H](COC(=O)CCC/C=C\C/C=C\C/C=C\C/C=C\CCCCC)OC(=O)CCCCCC/C=C\C/C=C\C/C=C\CCCCC. The monoisotopic (exact) mass is 927 g/mol. The highest BCUT2D eigenvalue weighted by atomic mass is 16.6. The van der Waals surface area contributed by atoms with Crippen LogP contribution in [0.5, 0.6) is 0 Å². The van der Waals surface area contributed by atoms with Crippen LogP contribution in [0.1, 0.15) is 226 Å². The number of hydrogen-bond acceptors (Lipinski definition) is 6. The van der Waals surface area contributed by atoms with Crippen LogP contribution in [0.15, 0.2) is 122 Å². The molecule has 6 nitrogen and oxygen atoms in total. The average molecular weight is 927 g/mol. The standard InChI is InChI=1S/C61H98O6/c1-4-7-10-13-16-19-22-25-28-30-33-36-39-42-45-48-51-54-60(63)66-57-58(56-65-59(62)53-50-47-44-41-38-35-32-27-24-21-18-15-12-9-6-3)67-61(64)55-52-49-46-43-40-37-34-31-29-26-23-20-17-14-11-8-5-2/h9,12,16-21,25-29,32-34,36-37,42,45,58H,4-8,10-11,13-15,22-24,30-31,35,38-41,43-44,46-57H2,1-3H3/b12-9-,19-16-,20-17-,21-18-,28-25-,29-26-,32-27-,36-33-,37-34-,45-42-/t58-/m1/s1. The number of rotatable bonds is 47. The normalized spacial score (nSPS) is 13.1. The summed E-state index contributed by atoms with van der Waals surface area (Å²) < 4.78 is 16.7. The lowest BCUT2D eigenvalue weighted by Crippen LogP contribution is -2.30. The first-order chi connectivity index (χ1) is 33.0. The number of hydrogen-bond donors (Lipinski definition) is 0. The molecule has 0 spiro atoms. The Kier molecular flexibility index (Phi) is 51.0. The van der Waals surface area contributed by atoms with Gasteiger partial charge in [-0.05, 0) is 128 Å². The van der Waals surface area contributed by atoms with E-state index in [9.17, 15) is 14.4 Å². The fourth-order valence-electron chi connectivity index (χ4n) is 6.87. The summed E-state index contributed by atoms with van der Waals surface area (Å²) in [5, 5.41) is 0. The largest absolute Gasteiger partial charge is 0.462 e. The zero-order valence-electron chi connectivity index (χ0n) is 43.1. The quantitative estimate of drug-likeness (QED) is 0.0262. The molecule has 0 N–H and O–H groups in total. The van der Waals surface area contributed by atoms with Crippen molar-refractivity contribution in [2.45, 2.75) is 232 Å². The van der Waals surface area contributed by atoms with Gasteiger partial charge in [-0.1, -0.05) is 200 Å². The third-order valence-corrected chi connectivity index (χ3v) is 10.9. The van der Waals surface area contributed by atoms with E-state index in [1.807, 2.05) is 0 Å². The molecule has 0 aliphatic carbocycles. The first-order valence-electron chi connectivity index (χ1n) is 27.0. The summed E-state index contributed by atoms with van der Waals surface area (Å²) in [5.41, 5.74) is 0. The Balaban J connectivity index is 4.57. The number of carbonyl (C=O) groups excluding carboxylic acids is 3. The fourth-order valence-corrected chi connectivity index (χ4v) is 6.87. The molecule has 0 heterocycles. The third-order valence-electron chi connectivity index (χ3n) is 10.9. The first-order valence-corrected chi connectivity index (χ1v) is 27.0. The van der Waals surface area contributed by atoms with Gasteiger partial charge in [-0.3, -0.25) is 14.4 Å². The molecule has 0 aromatic heterocycles. The Morgan fingerprint density at radius 1 is 0.313 bits per heavy atom. The molecule has 0 fully saturated rings. The maximum absolute atomic E-state index is 12.8. The highest BCUT2D eigenvalue weighted by Crippen LogP contribution is 2.12. The van der Waals surface area contributed by atoms with Gasteiger partial charge in [0.2, 0.25) is 0 Å². The van der Waals surface area contributed by atoms with E-state index in [0.717, 1.165) is 128 Å². The van der Waals surface area contributed by atoms with Crippen LogP contribution < -0.4 is 0 Å². The van der Waals surface area contributed by atoms with E-state index in [4.69, 9.17) is 14.2 Å². The van der Waals surface area contributed by atoms with Crippen LogP contribution in [0.3, 0.4) is 0 Å². The van der Waals surface area contributed by atoms with Gasteiger partial charge in [-0.15, -0.1) is 0 Å². The van der Waals surface area contributed by atoms with Crippen LogP contribution >= 0.6 is 0 Å². The molecule has 0 amide bonds. The second-order valence-electron chi connectivity index (χ2n) is 17.4. The minimum Gasteiger partial charge on any atom is -0.462 e. The van der Waals surface area contributed by atoms with Crippen LogP contribution in [-0.2, 0) is 28.6 Å². The maximum Gasteiger partial charge on any atom is 0.306 e. The van der Waals surface area contributed by atoms with Crippen LogP contribution in [0.2, 0.25) is 0 Å². The van der Waals surface area contributed by atoms with Gasteiger partial charge in [0.1, 0.15) is 13.2 Å². The number of allylic oxidation sites excluding steroid dienone is 20. The van der Waals surface area contributed by atoms with Gasteiger partial charge in [0.25, 0.3) is 0 Å². The summed E-state index contributed by atoms with van der Waals surface area (Å²) in [6, 6.07) is 0. The molecular formula is C61H98O6. The molecular weight excluding hydrogens is 829 g/mol. The van der Waals surface area contributed by atoms with Gasteiger partial charge >= 0.3 is 17.9 Å². The molecule has 0 aromatic rings. The van der Waals surface area contributed by atoms with E-state index in [-0.39, 0.29) is 44.0 Å². The number of esters is 3. The lowest BCUT2D eigenvalue weighted by molar-refractivity contribution is -0.167. The fraction of sp³-hybridized carbons (Fsp3) is 0.623. The first kappa shape index (κ1) is 62.8. The van der Waals surface area contributed by atoms with Gasteiger partial charge in [0, 0.05) is 19.3 Å². The Morgan fingerprint density at radius 3 is 0.970 bits per heavy atom. The molecule has 0 saturated carbocycles. The number of ether oxygens (including phenoxy) is 3. The van der Waals surface area contributed by atoms with Crippen molar-refractivity contribution >= 4 is 17.9 Å². The van der Waals surface area contributed by atoms with Crippen molar-refractivity contribution in [3.8, 4) is 0 Å². The minimum absolute atomic E-state index is 0.117. The Morgan fingerprint density at radius 2 is 0.597 bits per heavy atom. The molecule has 0 unspecified atom stereocenters. The van der Waals surface area contributed by atoms with Crippen molar-refractivity contribution in [2.75, 3.05) is 13.2 Å². The zero-order valence-corrected chi connectivity index (χ0v) is 43.1. The van der Waals surface area contributed by atoms with E-state index in [1.54, 1.807) is 0 Å². The van der Waals surface area contributed by atoms with Crippen LogP contribution in [0, 0.1) is 0 Å². The molecule has 1 atom stereocenters. The lowest BCUT2D eigenvalue weighted by atomic mass is 10.1. The average Bonchev–Trinajstić information content (AvgIpc) is 3.33. The van der Waals surface area contributed by atoms with Crippen LogP contribution in [-0.4, -0.2) is 37.2 Å². The Hall–Kier alpha value is -4.19. The summed E-state index contributed by atoms with van der Waals surface area (Å²) in [6.07, 6.45) is 74.7. The molecule has 0 aliphatic heterocycles. The second kappa shape index (κ2) is 54.4. The molecule has 0 aromatic carbocycles. The molecule has 0 rings (SSSR count). The molecule has 67 heavy (non-hydrogen) atoms. The minimum atomic E-state index is -0.823. The summed E-state index contributed by atoms with van der Waals surface area (Å²) >= 11 is 0. The summed E-state index contributed by atoms with van der Waals surface area (Å²) in [5.74, 6) is -1.02. The molecule has 0 saturated heterocycles. The number of carbonyl (C=O) groups is 3. The van der Waals surface area contributed by atoms with Gasteiger partial charge in [0.05, 0.1) is 0 Å². The highest BCUT2D eigenvalue weighted by Gasteiger charge is 2.19. The van der Waals surface area contributed by atoms with Crippen molar-refractivity contribution in [1.29, 1.82) is 0 Å². The van der Waals surface area contributed by atoms with E-state index in [2.05, 4.69) is 142 Å². The van der Waals surface area contributed by atoms with Gasteiger partial charge < -0.3 is 14.2 Å². The zero-order chi connectivity index (χ0) is 48.6. The third kappa shape index (κ3) is 52.6. The number of unbranched alkanes of at least 4 members (excludes halogenated alkanes) is 16.